The summed E-state index contributed by atoms with van der Waals surface area (Å²) in [7, 11) is 1.61. The van der Waals surface area contributed by atoms with Gasteiger partial charge in [-0.2, -0.15) is 0 Å². The van der Waals surface area contributed by atoms with Crippen LogP contribution in [0.2, 0.25) is 0 Å². The minimum atomic E-state index is -0.00652. The van der Waals surface area contributed by atoms with Crippen molar-refractivity contribution in [2.24, 2.45) is 0 Å². The molecule has 0 aromatic heterocycles. The molecular weight excluding hydrogens is 236 g/mol. The molecular formula is C12H18N2O2S. The lowest BCUT2D eigenvalue weighted by Crippen LogP contribution is -2.28. The number of nitrogens with one attached hydrogen (secondary N) is 1. The number of benzene rings is 1. The molecule has 1 aromatic carbocycles. The Balaban J connectivity index is 2.39. The number of methoxy groups -OCH3 is 1. The minimum Gasteiger partial charge on any atom is -0.398 e. The summed E-state index contributed by atoms with van der Waals surface area (Å²) in [6, 6.07) is 5.81. The number of hydrogen-bond acceptors (Lipinski definition) is 4. The monoisotopic (exact) mass is 254 g/mol. The SMILES string of the molecule is COCCNC(=O)CSc1cc(C)ccc1N. The zero-order chi connectivity index (χ0) is 12.7. The fraction of sp³-hybridized carbons (Fsp3) is 0.417. The normalized spacial score (nSPS) is 10.2. The Morgan fingerprint density at radius 2 is 2.29 bits per heavy atom. The van der Waals surface area contributed by atoms with Crippen LogP contribution in [0, 0.1) is 6.92 Å². The van der Waals surface area contributed by atoms with Crippen LogP contribution in [0.4, 0.5) is 5.69 Å². The van der Waals surface area contributed by atoms with Gasteiger partial charge in [-0.05, 0) is 24.6 Å². The van der Waals surface area contributed by atoms with E-state index >= 15 is 0 Å². The fourth-order valence-corrected chi connectivity index (χ4v) is 2.15. The highest BCUT2D eigenvalue weighted by Gasteiger charge is 2.05. The van der Waals surface area contributed by atoms with Crippen molar-refractivity contribution >= 4 is 23.4 Å². The highest BCUT2D eigenvalue weighted by atomic mass is 32.2. The van der Waals surface area contributed by atoms with E-state index in [4.69, 9.17) is 10.5 Å². The van der Waals surface area contributed by atoms with Gasteiger partial charge in [-0.15, -0.1) is 11.8 Å². The molecule has 0 spiro atoms. The molecule has 4 nitrogen and oxygen atoms in total. The maximum Gasteiger partial charge on any atom is 0.230 e. The first-order valence-corrected chi connectivity index (χ1v) is 6.36. The number of amides is 1. The second-order valence-electron chi connectivity index (χ2n) is 3.67. The molecule has 3 N–H and O–H groups in total. The molecule has 1 rings (SSSR count). The molecule has 0 radical (unpaired) electrons. The van der Waals surface area contributed by atoms with Gasteiger partial charge in [-0.25, -0.2) is 0 Å². The number of thioether (sulfide) groups is 1. The van der Waals surface area contributed by atoms with Gasteiger partial charge in [-0.1, -0.05) is 6.07 Å². The maximum absolute atomic E-state index is 11.5. The second-order valence-corrected chi connectivity index (χ2v) is 4.69. The van der Waals surface area contributed by atoms with Crippen molar-refractivity contribution in [3.63, 3.8) is 0 Å². The molecule has 5 heteroatoms. The molecule has 0 aliphatic heterocycles. The lowest BCUT2D eigenvalue weighted by Gasteiger charge is -2.07. The predicted molar refractivity (Wildman–Crippen MR) is 71.2 cm³/mol. The van der Waals surface area contributed by atoms with E-state index in [9.17, 15) is 4.79 Å². The van der Waals surface area contributed by atoms with Crippen LogP contribution >= 0.6 is 11.8 Å². The first kappa shape index (κ1) is 13.9. The van der Waals surface area contributed by atoms with E-state index < -0.39 is 0 Å². The van der Waals surface area contributed by atoms with Crippen molar-refractivity contribution in [3.8, 4) is 0 Å². The number of ether oxygens (including phenoxy) is 1. The highest BCUT2D eigenvalue weighted by molar-refractivity contribution is 8.00. The molecule has 0 aliphatic carbocycles. The Labute approximate surface area is 106 Å². The topological polar surface area (TPSA) is 64.3 Å². The van der Waals surface area contributed by atoms with Gasteiger partial charge in [0.25, 0.3) is 0 Å². The van der Waals surface area contributed by atoms with Crippen LogP contribution in [0.5, 0.6) is 0 Å². The van der Waals surface area contributed by atoms with Gasteiger partial charge >= 0.3 is 0 Å². The average molecular weight is 254 g/mol. The Morgan fingerprint density at radius 3 is 3.00 bits per heavy atom. The minimum absolute atomic E-state index is 0.00652. The zero-order valence-corrected chi connectivity index (χ0v) is 11.0. The van der Waals surface area contributed by atoms with Crippen molar-refractivity contribution in [1.29, 1.82) is 0 Å². The summed E-state index contributed by atoms with van der Waals surface area (Å²) >= 11 is 1.45. The van der Waals surface area contributed by atoms with E-state index in [1.807, 2.05) is 25.1 Å². The molecule has 0 heterocycles. The molecule has 0 aliphatic rings. The smallest absolute Gasteiger partial charge is 0.230 e. The van der Waals surface area contributed by atoms with Crippen LogP contribution in [0.25, 0.3) is 0 Å². The van der Waals surface area contributed by atoms with Gasteiger partial charge in [-0.3, -0.25) is 4.79 Å². The van der Waals surface area contributed by atoms with Crippen molar-refractivity contribution < 1.29 is 9.53 Å². The highest BCUT2D eigenvalue weighted by Crippen LogP contribution is 2.25. The number of anilines is 1. The molecule has 0 unspecified atom stereocenters. The Hall–Kier alpha value is -1.20. The molecule has 94 valence electrons. The summed E-state index contributed by atoms with van der Waals surface area (Å²) in [6.07, 6.45) is 0. The first-order chi connectivity index (χ1) is 8.13. The molecule has 0 saturated carbocycles. The number of nitrogens with two attached hydrogens (primary N) is 1. The Bertz CT molecular complexity index is 383. The third-order valence-corrected chi connectivity index (χ3v) is 3.23. The van der Waals surface area contributed by atoms with E-state index in [0.717, 1.165) is 10.5 Å². The molecule has 0 atom stereocenters. The van der Waals surface area contributed by atoms with Crippen molar-refractivity contribution in [2.45, 2.75) is 11.8 Å². The summed E-state index contributed by atoms with van der Waals surface area (Å²) in [5.74, 6) is 0.366. The predicted octanol–water partition coefficient (Wildman–Crippen LogP) is 1.43. The van der Waals surface area contributed by atoms with Crippen LogP contribution in [0.15, 0.2) is 23.1 Å². The van der Waals surface area contributed by atoms with Gasteiger partial charge in [0.15, 0.2) is 0 Å². The molecule has 17 heavy (non-hydrogen) atoms. The number of aryl methyl sites for hydroxylation is 1. The van der Waals surface area contributed by atoms with Gasteiger partial charge in [0.05, 0.1) is 12.4 Å². The van der Waals surface area contributed by atoms with Crippen LogP contribution in [-0.4, -0.2) is 31.9 Å². The summed E-state index contributed by atoms with van der Waals surface area (Å²) in [5.41, 5.74) is 7.68. The first-order valence-electron chi connectivity index (χ1n) is 5.38. The van der Waals surface area contributed by atoms with Gasteiger partial charge in [0.2, 0.25) is 5.91 Å². The van der Waals surface area contributed by atoms with E-state index in [1.54, 1.807) is 7.11 Å². The van der Waals surface area contributed by atoms with Crippen molar-refractivity contribution in [1.82, 2.24) is 5.32 Å². The molecule has 0 bridgehead atoms. The zero-order valence-electron chi connectivity index (χ0n) is 10.2. The summed E-state index contributed by atoms with van der Waals surface area (Å²) in [4.78, 5) is 12.4. The fourth-order valence-electron chi connectivity index (χ4n) is 1.25. The summed E-state index contributed by atoms with van der Waals surface area (Å²) in [5, 5.41) is 2.76. The third kappa shape index (κ3) is 5.10. The number of carbonyl (C=O) groups is 1. The van der Waals surface area contributed by atoms with Gasteiger partial charge in [0, 0.05) is 24.2 Å². The number of nitrogen functional groups attached to an aromatic ring is 1. The quantitative estimate of drug-likeness (QED) is 0.458. The van der Waals surface area contributed by atoms with Gasteiger partial charge in [0.1, 0.15) is 0 Å². The average Bonchev–Trinajstić information content (AvgIpc) is 2.31. The number of hydrogen-bond donors (Lipinski definition) is 2. The lowest BCUT2D eigenvalue weighted by molar-refractivity contribution is -0.118. The molecule has 0 fully saturated rings. The molecule has 0 saturated heterocycles. The number of carbonyl (C=O) groups excluding carboxylic acids is 1. The van der Waals surface area contributed by atoms with Crippen LogP contribution in [0.3, 0.4) is 0 Å². The molecule has 1 aromatic rings. The molecule has 1 amide bonds. The second kappa shape index (κ2) is 7.19. The lowest BCUT2D eigenvalue weighted by atomic mass is 10.2. The summed E-state index contributed by atoms with van der Waals surface area (Å²) < 4.78 is 4.85. The van der Waals surface area contributed by atoms with Crippen LogP contribution < -0.4 is 11.1 Å². The van der Waals surface area contributed by atoms with Gasteiger partial charge < -0.3 is 15.8 Å². The maximum atomic E-state index is 11.5. The Morgan fingerprint density at radius 1 is 1.53 bits per heavy atom. The standard InChI is InChI=1S/C12H18N2O2S/c1-9-3-4-10(13)11(7-9)17-8-12(15)14-5-6-16-2/h3-4,7H,5-6,8,13H2,1-2H3,(H,14,15). The summed E-state index contributed by atoms with van der Waals surface area (Å²) in [6.45, 7) is 3.07. The van der Waals surface area contributed by atoms with Crippen molar-refractivity contribution in [3.05, 3.63) is 23.8 Å². The van der Waals surface area contributed by atoms with E-state index in [1.165, 1.54) is 11.8 Å². The van der Waals surface area contributed by atoms with Crippen LogP contribution in [-0.2, 0) is 9.53 Å². The number of rotatable bonds is 6. The third-order valence-electron chi connectivity index (χ3n) is 2.16. The van der Waals surface area contributed by atoms with E-state index in [-0.39, 0.29) is 5.91 Å². The van der Waals surface area contributed by atoms with E-state index in [0.29, 0.717) is 24.6 Å². The largest absolute Gasteiger partial charge is 0.398 e. The van der Waals surface area contributed by atoms with Crippen LogP contribution in [0.1, 0.15) is 5.56 Å². The van der Waals surface area contributed by atoms with Crippen molar-refractivity contribution in [2.75, 3.05) is 31.7 Å². The van der Waals surface area contributed by atoms with E-state index in [2.05, 4.69) is 5.32 Å². The Kier molecular flexibility index (Phi) is 5.86.